The van der Waals surface area contributed by atoms with Crippen LogP contribution < -0.4 is 10.9 Å². The first-order chi connectivity index (χ1) is 7.08. The van der Waals surface area contributed by atoms with Crippen LogP contribution in [0.3, 0.4) is 0 Å². The lowest BCUT2D eigenvalue weighted by molar-refractivity contribution is -0.114. The molecule has 0 unspecified atom stereocenters. The quantitative estimate of drug-likeness (QED) is 0.635. The number of carbonyl (C=O) groups excluding carboxylic acids is 1. The zero-order valence-electron chi connectivity index (χ0n) is 8.34. The molecule has 6 nitrogen and oxygen atoms in total. The average molecular weight is 206 g/mol. The van der Waals surface area contributed by atoms with Crippen LogP contribution in [-0.2, 0) is 4.79 Å². The van der Waals surface area contributed by atoms with Crippen LogP contribution >= 0.6 is 0 Å². The summed E-state index contributed by atoms with van der Waals surface area (Å²) in [6, 6.07) is 0. The first-order valence-corrected chi connectivity index (χ1v) is 4.43. The Kier molecular flexibility index (Phi) is 2.03. The highest BCUT2D eigenvalue weighted by Crippen LogP contribution is 2.11. The summed E-state index contributed by atoms with van der Waals surface area (Å²) < 4.78 is 0. The smallest absolute Gasteiger partial charge is 0.262 e. The molecule has 2 rings (SSSR count). The van der Waals surface area contributed by atoms with Gasteiger partial charge in [0, 0.05) is 13.1 Å². The maximum absolute atomic E-state index is 11.6. The van der Waals surface area contributed by atoms with Crippen molar-refractivity contribution in [3.05, 3.63) is 22.1 Å². The lowest BCUT2D eigenvalue weighted by atomic mass is 10.3. The third kappa shape index (κ3) is 1.61. The normalized spacial score (nSPS) is 10.5. The molecule has 0 aliphatic heterocycles. The average Bonchev–Trinajstić information content (AvgIpc) is 2.46. The van der Waals surface area contributed by atoms with Gasteiger partial charge in [-0.05, 0) is 12.5 Å². The van der Waals surface area contributed by atoms with Crippen molar-refractivity contribution in [1.82, 2.24) is 15.0 Å². The molecule has 0 fully saturated rings. The third-order valence-electron chi connectivity index (χ3n) is 2.03. The number of nitrogens with one attached hydrogen (secondary N) is 3. The number of rotatable bonds is 1. The standard InChI is InChI=1S/C9H10N4O2/c1-4-3-10-7-6(4)8(15)13-9(12-7)11-5(2)14/h3H,1-2H3,(H3,10,11,12,13,14,15). The van der Waals surface area contributed by atoms with Crippen LogP contribution in [0, 0.1) is 6.92 Å². The zero-order valence-corrected chi connectivity index (χ0v) is 8.34. The van der Waals surface area contributed by atoms with Crippen LogP contribution in [0.5, 0.6) is 0 Å². The van der Waals surface area contributed by atoms with Gasteiger partial charge >= 0.3 is 0 Å². The second-order valence-electron chi connectivity index (χ2n) is 3.29. The number of aryl methyl sites for hydroxylation is 1. The predicted octanol–water partition coefficient (Wildman–Crippen LogP) is 0.518. The fourth-order valence-electron chi connectivity index (χ4n) is 1.42. The fraction of sp³-hybridized carbons (Fsp3) is 0.222. The van der Waals surface area contributed by atoms with Gasteiger partial charge in [0.1, 0.15) is 5.65 Å². The topological polar surface area (TPSA) is 90.6 Å². The molecule has 0 radical (unpaired) electrons. The molecule has 0 saturated heterocycles. The van der Waals surface area contributed by atoms with Gasteiger partial charge in [0.15, 0.2) is 0 Å². The second kappa shape index (κ2) is 3.23. The van der Waals surface area contributed by atoms with E-state index in [1.165, 1.54) is 6.92 Å². The van der Waals surface area contributed by atoms with E-state index in [0.29, 0.717) is 11.0 Å². The van der Waals surface area contributed by atoms with Gasteiger partial charge in [0.25, 0.3) is 5.56 Å². The SMILES string of the molecule is CC(=O)Nc1nc2[nH]cc(C)c2c(=O)[nH]1. The van der Waals surface area contributed by atoms with Crippen LogP contribution in [0.1, 0.15) is 12.5 Å². The van der Waals surface area contributed by atoms with Crippen molar-refractivity contribution < 1.29 is 4.79 Å². The Hall–Kier alpha value is -2.11. The predicted molar refractivity (Wildman–Crippen MR) is 55.8 cm³/mol. The number of fused-ring (bicyclic) bond motifs is 1. The van der Waals surface area contributed by atoms with Crippen LogP contribution in [0.15, 0.2) is 11.0 Å². The molecule has 0 aliphatic carbocycles. The summed E-state index contributed by atoms with van der Waals surface area (Å²) in [4.78, 5) is 31.8. The molecule has 0 spiro atoms. The molecule has 2 aromatic heterocycles. The molecule has 15 heavy (non-hydrogen) atoms. The van der Waals surface area contributed by atoms with Crippen molar-refractivity contribution in [1.29, 1.82) is 0 Å². The minimum atomic E-state index is -0.277. The number of nitrogens with zero attached hydrogens (tertiary/aromatic N) is 1. The molecule has 3 N–H and O–H groups in total. The Morgan fingerprint density at radius 1 is 1.53 bits per heavy atom. The Balaban J connectivity index is 2.63. The van der Waals surface area contributed by atoms with E-state index in [1.807, 2.05) is 6.92 Å². The lowest BCUT2D eigenvalue weighted by Gasteiger charge is -1.99. The summed E-state index contributed by atoms with van der Waals surface area (Å²) in [5.74, 6) is -0.123. The molecule has 2 aromatic rings. The van der Waals surface area contributed by atoms with Gasteiger partial charge in [-0.25, -0.2) is 0 Å². The molecule has 78 valence electrons. The number of anilines is 1. The van der Waals surface area contributed by atoms with Crippen LogP contribution in [0.4, 0.5) is 5.95 Å². The first-order valence-electron chi connectivity index (χ1n) is 4.43. The maximum Gasteiger partial charge on any atom is 0.262 e. The number of carbonyl (C=O) groups is 1. The van der Waals surface area contributed by atoms with Crippen molar-refractivity contribution in [3.8, 4) is 0 Å². The van der Waals surface area contributed by atoms with Gasteiger partial charge in [-0.3, -0.25) is 19.9 Å². The van der Waals surface area contributed by atoms with E-state index in [9.17, 15) is 9.59 Å². The molecular formula is C9H10N4O2. The molecule has 0 saturated carbocycles. The lowest BCUT2D eigenvalue weighted by Crippen LogP contribution is -2.15. The largest absolute Gasteiger partial charge is 0.346 e. The van der Waals surface area contributed by atoms with Crippen molar-refractivity contribution in [2.45, 2.75) is 13.8 Å². The van der Waals surface area contributed by atoms with Crippen LogP contribution in [-0.4, -0.2) is 20.9 Å². The van der Waals surface area contributed by atoms with Gasteiger partial charge < -0.3 is 4.98 Å². The Labute approximate surface area is 84.7 Å². The Bertz CT molecular complexity index is 581. The van der Waals surface area contributed by atoms with Crippen molar-refractivity contribution in [3.63, 3.8) is 0 Å². The van der Waals surface area contributed by atoms with E-state index in [1.54, 1.807) is 6.20 Å². The summed E-state index contributed by atoms with van der Waals surface area (Å²) >= 11 is 0. The maximum atomic E-state index is 11.6. The molecular weight excluding hydrogens is 196 g/mol. The number of H-pyrrole nitrogens is 2. The summed E-state index contributed by atoms with van der Waals surface area (Å²) in [5, 5.41) is 2.94. The summed E-state index contributed by atoms with van der Waals surface area (Å²) in [6.45, 7) is 3.16. The third-order valence-corrected chi connectivity index (χ3v) is 2.03. The minimum absolute atomic E-state index is 0.154. The van der Waals surface area contributed by atoms with Crippen molar-refractivity contribution in [2.75, 3.05) is 5.32 Å². The van der Waals surface area contributed by atoms with E-state index in [2.05, 4.69) is 20.3 Å². The molecule has 1 amide bonds. The Morgan fingerprint density at radius 2 is 2.27 bits per heavy atom. The van der Waals surface area contributed by atoms with Crippen LogP contribution in [0.2, 0.25) is 0 Å². The second-order valence-corrected chi connectivity index (χ2v) is 3.29. The highest BCUT2D eigenvalue weighted by molar-refractivity contribution is 5.88. The molecule has 0 aromatic carbocycles. The molecule has 0 bridgehead atoms. The van der Waals surface area contributed by atoms with E-state index < -0.39 is 0 Å². The summed E-state index contributed by atoms with van der Waals surface area (Å²) in [7, 11) is 0. The zero-order chi connectivity index (χ0) is 11.0. The fourth-order valence-corrected chi connectivity index (χ4v) is 1.42. The summed E-state index contributed by atoms with van der Waals surface area (Å²) in [5.41, 5.74) is 1.04. The summed E-state index contributed by atoms with van der Waals surface area (Å²) in [6.07, 6.45) is 1.70. The highest BCUT2D eigenvalue weighted by atomic mass is 16.1. The Morgan fingerprint density at radius 3 is 2.93 bits per heavy atom. The minimum Gasteiger partial charge on any atom is -0.346 e. The van der Waals surface area contributed by atoms with E-state index in [-0.39, 0.29) is 17.4 Å². The highest BCUT2D eigenvalue weighted by Gasteiger charge is 2.08. The number of aromatic nitrogens is 3. The molecule has 2 heterocycles. The molecule has 6 heteroatoms. The van der Waals surface area contributed by atoms with Gasteiger partial charge in [-0.1, -0.05) is 0 Å². The first kappa shape index (κ1) is 9.45. The number of aromatic amines is 2. The van der Waals surface area contributed by atoms with Crippen molar-refractivity contribution in [2.24, 2.45) is 0 Å². The van der Waals surface area contributed by atoms with Gasteiger partial charge in [0.2, 0.25) is 11.9 Å². The van der Waals surface area contributed by atoms with Gasteiger partial charge in [-0.2, -0.15) is 4.98 Å². The van der Waals surface area contributed by atoms with Gasteiger partial charge in [-0.15, -0.1) is 0 Å². The van der Waals surface area contributed by atoms with E-state index >= 15 is 0 Å². The van der Waals surface area contributed by atoms with Gasteiger partial charge in [0.05, 0.1) is 5.39 Å². The number of hydrogen-bond acceptors (Lipinski definition) is 3. The number of hydrogen-bond donors (Lipinski definition) is 3. The number of amides is 1. The van der Waals surface area contributed by atoms with Crippen molar-refractivity contribution >= 4 is 22.9 Å². The van der Waals surface area contributed by atoms with E-state index in [0.717, 1.165) is 5.56 Å². The molecule has 0 atom stereocenters. The molecule has 0 aliphatic rings. The monoisotopic (exact) mass is 206 g/mol. The van der Waals surface area contributed by atoms with Crippen LogP contribution in [0.25, 0.3) is 11.0 Å². The van der Waals surface area contributed by atoms with E-state index in [4.69, 9.17) is 0 Å².